The first kappa shape index (κ1) is 12.6. The highest BCUT2D eigenvalue weighted by Gasteiger charge is 2.29. The summed E-state index contributed by atoms with van der Waals surface area (Å²) in [4.78, 5) is 0. The van der Waals surface area contributed by atoms with Crippen LogP contribution in [0.2, 0.25) is 0 Å². The lowest BCUT2D eigenvalue weighted by molar-refractivity contribution is 0.464. The van der Waals surface area contributed by atoms with E-state index in [4.69, 9.17) is 0 Å². The van der Waals surface area contributed by atoms with Crippen molar-refractivity contribution in [2.45, 2.75) is 51.5 Å². The third-order valence-electron chi connectivity index (χ3n) is 3.72. The van der Waals surface area contributed by atoms with Gasteiger partial charge in [0, 0.05) is 12.0 Å². The molecule has 1 aromatic carbocycles. The molecule has 0 bridgehead atoms. The molecule has 1 aromatic rings. The Labute approximate surface area is 103 Å². The molecule has 1 nitrogen and oxygen atoms in total. The van der Waals surface area contributed by atoms with E-state index in [1.807, 2.05) is 19.1 Å². The highest BCUT2D eigenvalue weighted by Crippen LogP contribution is 2.36. The lowest BCUT2D eigenvalue weighted by atomic mass is 9.92. The number of nitrogens with one attached hydrogen (secondary N) is 1. The molecule has 1 aliphatic rings. The Morgan fingerprint density at radius 3 is 2.94 bits per heavy atom. The first-order valence-electron chi connectivity index (χ1n) is 6.71. The second-order valence-corrected chi connectivity index (χ2v) is 5.12. The molecule has 0 amide bonds. The quantitative estimate of drug-likeness (QED) is 0.837. The van der Waals surface area contributed by atoms with Crippen LogP contribution in [-0.2, 0) is 0 Å². The SMILES string of the molecule is CCCNC1CCCC1c1cc(C)ccc1F. The fraction of sp³-hybridized carbons (Fsp3) is 0.600. The normalized spacial score (nSPS) is 24.2. The molecular weight excluding hydrogens is 213 g/mol. The number of hydrogen-bond acceptors (Lipinski definition) is 1. The third kappa shape index (κ3) is 2.86. The van der Waals surface area contributed by atoms with Crippen LogP contribution >= 0.6 is 0 Å². The predicted octanol–water partition coefficient (Wildman–Crippen LogP) is 3.77. The molecule has 1 aliphatic carbocycles. The van der Waals surface area contributed by atoms with Crippen molar-refractivity contribution in [3.63, 3.8) is 0 Å². The maximum absolute atomic E-state index is 13.9. The van der Waals surface area contributed by atoms with Crippen molar-refractivity contribution in [2.75, 3.05) is 6.54 Å². The van der Waals surface area contributed by atoms with Crippen LogP contribution in [-0.4, -0.2) is 12.6 Å². The van der Waals surface area contributed by atoms with Gasteiger partial charge >= 0.3 is 0 Å². The minimum absolute atomic E-state index is 0.0363. The van der Waals surface area contributed by atoms with Gasteiger partial charge in [0.1, 0.15) is 5.82 Å². The number of hydrogen-bond donors (Lipinski definition) is 1. The number of aryl methyl sites for hydroxylation is 1. The summed E-state index contributed by atoms with van der Waals surface area (Å²) in [5, 5.41) is 3.56. The Balaban J connectivity index is 2.16. The smallest absolute Gasteiger partial charge is 0.126 e. The number of rotatable bonds is 4. The fourth-order valence-electron chi connectivity index (χ4n) is 2.85. The van der Waals surface area contributed by atoms with Crippen LogP contribution in [0.4, 0.5) is 4.39 Å². The van der Waals surface area contributed by atoms with Crippen molar-refractivity contribution < 1.29 is 4.39 Å². The van der Waals surface area contributed by atoms with Gasteiger partial charge in [-0.25, -0.2) is 4.39 Å². The number of benzene rings is 1. The molecule has 0 aliphatic heterocycles. The summed E-state index contributed by atoms with van der Waals surface area (Å²) in [6.07, 6.45) is 4.64. The summed E-state index contributed by atoms with van der Waals surface area (Å²) in [5.74, 6) is 0.326. The molecule has 2 unspecified atom stereocenters. The predicted molar refractivity (Wildman–Crippen MR) is 69.8 cm³/mol. The summed E-state index contributed by atoms with van der Waals surface area (Å²) in [5.41, 5.74) is 2.07. The van der Waals surface area contributed by atoms with Crippen LogP contribution in [0.1, 0.15) is 49.7 Å². The van der Waals surface area contributed by atoms with Crippen molar-refractivity contribution in [3.8, 4) is 0 Å². The van der Waals surface area contributed by atoms with E-state index in [-0.39, 0.29) is 5.82 Å². The molecule has 2 atom stereocenters. The van der Waals surface area contributed by atoms with Gasteiger partial charge in [0.2, 0.25) is 0 Å². The lowest BCUT2D eigenvalue weighted by Gasteiger charge is -2.22. The maximum Gasteiger partial charge on any atom is 0.126 e. The van der Waals surface area contributed by atoms with Gasteiger partial charge in [0.05, 0.1) is 0 Å². The van der Waals surface area contributed by atoms with E-state index in [0.29, 0.717) is 12.0 Å². The highest BCUT2D eigenvalue weighted by atomic mass is 19.1. The molecule has 0 spiro atoms. The standard InChI is InChI=1S/C15H22FN/c1-3-9-17-15-6-4-5-12(15)13-10-11(2)7-8-14(13)16/h7-8,10,12,15,17H,3-6,9H2,1-2H3. The Bertz CT molecular complexity index is 375. The largest absolute Gasteiger partial charge is 0.313 e. The van der Waals surface area contributed by atoms with Gasteiger partial charge in [-0.3, -0.25) is 0 Å². The van der Waals surface area contributed by atoms with Crippen LogP contribution in [0.3, 0.4) is 0 Å². The van der Waals surface area contributed by atoms with Crippen LogP contribution in [0, 0.1) is 12.7 Å². The summed E-state index contributed by atoms with van der Waals surface area (Å²) in [6, 6.07) is 5.94. The molecule has 0 aromatic heterocycles. The summed E-state index contributed by atoms with van der Waals surface area (Å²) in [6.45, 7) is 5.24. The fourth-order valence-corrected chi connectivity index (χ4v) is 2.85. The summed E-state index contributed by atoms with van der Waals surface area (Å²) in [7, 11) is 0. The van der Waals surface area contributed by atoms with Crippen LogP contribution in [0.25, 0.3) is 0 Å². The molecule has 17 heavy (non-hydrogen) atoms. The highest BCUT2D eigenvalue weighted by molar-refractivity contribution is 5.29. The van der Waals surface area contributed by atoms with E-state index in [1.54, 1.807) is 6.07 Å². The molecule has 0 saturated heterocycles. The van der Waals surface area contributed by atoms with Crippen molar-refractivity contribution in [1.82, 2.24) is 5.32 Å². The van der Waals surface area contributed by atoms with Gasteiger partial charge in [0.25, 0.3) is 0 Å². The van der Waals surface area contributed by atoms with E-state index in [2.05, 4.69) is 12.2 Å². The van der Waals surface area contributed by atoms with Gasteiger partial charge in [-0.1, -0.05) is 31.0 Å². The Morgan fingerprint density at radius 1 is 1.35 bits per heavy atom. The molecule has 2 rings (SSSR count). The second-order valence-electron chi connectivity index (χ2n) is 5.12. The van der Waals surface area contributed by atoms with Gasteiger partial charge in [0.15, 0.2) is 0 Å². The minimum Gasteiger partial charge on any atom is -0.313 e. The van der Waals surface area contributed by atoms with E-state index >= 15 is 0 Å². The molecule has 0 radical (unpaired) electrons. The van der Waals surface area contributed by atoms with Crippen molar-refractivity contribution >= 4 is 0 Å². The first-order chi connectivity index (χ1) is 8.22. The zero-order chi connectivity index (χ0) is 12.3. The van der Waals surface area contributed by atoms with Crippen LogP contribution in [0.15, 0.2) is 18.2 Å². The number of halogens is 1. The van der Waals surface area contributed by atoms with Gasteiger partial charge in [-0.15, -0.1) is 0 Å². The molecule has 94 valence electrons. The Kier molecular flexibility index (Phi) is 4.16. The zero-order valence-corrected chi connectivity index (χ0v) is 10.8. The van der Waals surface area contributed by atoms with Crippen molar-refractivity contribution in [2.24, 2.45) is 0 Å². The third-order valence-corrected chi connectivity index (χ3v) is 3.72. The molecule has 1 fully saturated rings. The van der Waals surface area contributed by atoms with Crippen LogP contribution < -0.4 is 5.32 Å². The minimum atomic E-state index is -0.0363. The average Bonchev–Trinajstić information content (AvgIpc) is 2.77. The Hall–Kier alpha value is -0.890. The van der Waals surface area contributed by atoms with Crippen LogP contribution in [0.5, 0.6) is 0 Å². The van der Waals surface area contributed by atoms with Gasteiger partial charge in [-0.2, -0.15) is 0 Å². The topological polar surface area (TPSA) is 12.0 Å². The van der Waals surface area contributed by atoms with E-state index in [9.17, 15) is 4.39 Å². The van der Waals surface area contributed by atoms with Crippen molar-refractivity contribution in [1.29, 1.82) is 0 Å². The van der Waals surface area contributed by atoms with E-state index < -0.39 is 0 Å². The molecular formula is C15H22FN. The maximum atomic E-state index is 13.9. The zero-order valence-electron chi connectivity index (χ0n) is 10.8. The molecule has 0 heterocycles. The monoisotopic (exact) mass is 235 g/mol. The first-order valence-corrected chi connectivity index (χ1v) is 6.71. The van der Waals surface area contributed by atoms with Crippen molar-refractivity contribution in [3.05, 3.63) is 35.1 Å². The van der Waals surface area contributed by atoms with Gasteiger partial charge < -0.3 is 5.32 Å². The second kappa shape index (κ2) is 5.63. The molecule has 1 saturated carbocycles. The lowest BCUT2D eigenvalue weighted by Crippen LogP contribution is -2.32. The molecule has 2 heteroatoms. The van der Waals surface area contributed by atoms with E-state index in [1.165, 1.54) is 12.8 Å². The molecule has 1 N–H and O–H groups in total. The summed E-state index contributed by atoms with van der Waals surface area (Å²) >= 11 is 0. The van der Waals surface area contributed by atoms with E-state index in [0.717, 1.165) is 30.5 Å². The summed E-state index contributed by atoms with van der Waals surface area (Å²) < 4.78 is 13.9. The average molecular weight is 235 g/mol. The Morgan fingerprint density at radius 2 is 2.18 bits per heavy atom. The van der Waals surface area contributed by atoms with Gasteiger partial charge in [-0.05, 0) is 44.4 Å².